The number of aliphatic hydroxyl groups excluding tert-OH is 1. The Hall–Kier alpha value is -2.38. The second-order valence-electron chi connectivity index (χ2n) is 6.88. The van der Waals surface area contributed by atoms with E-state index in [1.165, 1.54) is 0 Å². The monoisotopic (exact) mass is 355 g/mol. The molecule has 7 heteroatoms. The number of nitrogens with zero attached hydrogens (tertiary/aromatic N) is 5. The first-order valence-corrected chi connectivity index (χ1v) is 9.18. The van der Waals surface area contributed by atoms with Gasteiger partial charge in [-0.1, -0.05) is 0 Å². The Morgan fingerprint density at radius 2 is 2.23 bits per heavy atom. The maximum absolute atomic E-state index is 10.6. The van der Waals surface area contributed by atoms with Gasteiger partial charge in [0, 0.05) is 39.3 Å². The van der Waals surface area contributed by atoms with Gasteiger partial charge in [-0.25, -0.2) is 0 Å². The number of aliphatic hydroxyl groups is 1. The molecule has 0 saturated heterocycles. The molecule has 0 amide bonds. The number of aromatic nitrogens is 4. The number of hydrogen-bond donors (Lipinski definition) is 1. The fraction of sp³-hybridized carbons (Fsp3) is 0.474. The maximum atomic E-state index is 10.6. The molecular formula is C19H25N5O2. The highest BCUT2D eigenvalue weighted by Gasteiger charge is 2.22. The van der Waals surface area contributed by atoms with E-state index in [1.54, 1.807) is 17.1 Å². The molecule has 0 radical (unpaired) electrons. The fourth-order valence-corrected chi connectivity index (χ4v) is 3.61. The molecule has 0 aliphatic carbocycles. The Labute approximate surface area is 152 Å². The van der Waals surface area contributed by atoms with Crippen LogP contribution >= 0.6 is 0 Å². The molecule has 3 aromatic rings. The molecule has 1 atom stereocenters. The highest BCUT2D eigenvalue weighted by Crippen LogP contribution is 2.23. The smallest absolute Gasteiger partial charge is 0.139 e. The van der Waals surface area contributed by atoms with E-state index in [-0.39, 0.29) is 0 Å². The minimum atomic E-state index is -0.741. The van der Waals surface area contributed by atoms with Crippen LogP contribution in [0.4, 0.5) is 0 Å². The van der Waals surface area contributed by atoms with Crippen LogP contribution in [-0.2, 0) is 26.6 Å². The van der Waals surface area contributed by atoms with E-state index in [9.17, 15) is 5.11 Å². The van der Waals surface area contributed by atoms with Crippen LogP contribution in [0, 0.1) is 0 Å². The lowest BCUT2D eigenvalue weighted by molar-refractivity contribution is 0.203. The van der Waals surface area contributed by atoms with Crippen molar-refractivity contribution in [2.45, 2.75) is 38.5 Å². The Morgan fingerprint density at radius 1 is 1.31 bits per heavy atom. The molecule has 0 saturated carbocycles. The second kappa shape index (κ2) is 7.47. The Morgan fingerprint density at radius 3 is 3.00 bits per heavy atom. The number of aryl methyl sites for hydroxylation is 3. The SMILES string of the molecule is Cn1nccc1[C@H](O)c1cc2n(n1)CCCN(CCCc1ccco1)C2. The third-order valence-corrected chi connectivity index (χ3v) is 5.01. The number of fused-ring (bicyclic) bond motifs is 1. The van der Waals surface area contributed by atoms with Crippen molar-refractivity contribution in [3.63, 3.8) is 0 Å². The van der Waals surface area contributed by atoms with E-state index in [4.69, 9.17) is 4.42 Å². The van der Waals surface area contributed by atoms with E-state index < -0.39 is 6.10 Å². The zero-order valence-corrected chi connectivity index (χ0v) is 15.1. The maximum Gasteiger partial charge on any atom is 0.139 e. The molecule has 3 aromatic heterocycles. The minimum Gasteiger partial charge on any atom is -0.469 e. The lowest BCUT2D eigenvalue weighted by atomic mass is 10.1. The fourth-order valence-electron chi connectivity index (χ4n) is 3.61. The van der Waals surface area contributed by atoms with E-state index in [0.717, 1.165) is 62.6 Å². The quantitative estimate of drug-likeness (QED) is 0.733. The molecule has 0 aromatic carbocycles. The topological polar surface area (TPSA) is 72.2 Å². The van der Waals surface area contributed by atoms with Crippen molar-refractivity contribution in [1.29, 1.82) is 0 Å². The number of furan rings is 1. The summed E-state index contributed by atoms with van der Waals surface area (Å²) in [6.45, 7) is 3.86. The average Bonchev–Trinajstić information content (AvgIpc) is 3.35. The van der Waals surface area contributed by atoms with Crippen molar-refractivity contribution in [3.8, 4) is 0 Å². The van der Waals surface area contributed by atoms with Crippen molar-refractivity contribution < 1.29 is 9.52 Å². The summed E-state index contributed by atoms with van der Waals surface area (Å²) in [5, 5.41) is 19.4. The normalized spacial score (nSPS) is 16.4. The van der Waals surface area contributed by atoms with Crippen LogP contribution in [0.1, 0.15) is 41.8 Å². The third-order valence-electron chi connectivity index (χ3n) is 5.01. The lowest BCUT2D eigenvalue weighted by Crippen LogP contribution is -2.24. The summed E-state index contributed by atoms with van der Waals surface area (Å²) in [7, 11) is 1.83. The molecule has 4 rings (SSSR count). The van der Waals surface area contributed by atoms with Gasteiger partial charge in [0.25, 0.3) is 0 Å². The zero-order valence-electron chi connectivity index (χ0n) is 15.1. The van der Waals surface area contributed by atoms with Crippen molar-refractivity contribution in [2.75, 3.05) is 13.1 Å². The van der Waals surface area contributed by atoms with Gasteiger partial charge >= 0.3 is 0 Å². The van der Waals surface area contributed by atoms with Gasteiger partial charge in [0.15, 0.2) is 0 Å². The highest BCUT2D eigenvalue weighted by molar-refractivity contribution is 5.21. The van der Waals surface area contributed by atoms with Crippen molar-refractivity contribution >= 4 is 0 Å². The largest absolute Gasteiger partial charge is 0.469 e. The molecule has 0 spiro atoms. The highest BCUT2D eigenvalue weighted by atomic mass is 16.3. The Kier molecular flexibility index (Phi) is 4.90. The molecule has 138 valence electrons. The predicted octanol–water partition coefficient (Wildman–Crippen LogP) is 2.13. The van der Waals surface area contributed by atoms with Crippen LogP contribution in [0.2, 0.25) is 0 Å². The first kappa shape index (κ1) is 17.1. The molecule has 1 aliphatic heterocycles. The lowest BCUT2D eigenvalue weighted by Gasteiger charge is -2.19. The molecule has 1 N–H and O–H groups in total. The van der Waals surface area contributed by atoms with E-state index in [1.807, 2.05) is 36.0 Å². The second-order valence-corrected chi connectivity index (χ2v) is 6.88. The molecule has 26 heavy (non-hydrogen) atoms. The third kappa shape index (κ3) is 3.59. The van der Waals surface area contributed by atoms with Crippen molar-refractivity contribution in [2.24, 2.45) is 7.05 Å². The summed E-state index contributed by atoms with van der Waals surface area (Å²) in [5.74, 6) is 1.05. The van der Waals surface area contributed by atoms with Gasteiger partial charge in [-0.05, 0) is 43.7 Å². The van der Waals surface area contributed by atoms with Gasteiger partial charge in [0.1, 0.15) is 11.9 Å². The Balaban J connectivity index is 1.41. The van der Waals surface area contributed by atoms with E-state index >= 15 is 0 Å². The van der Waals surface area contributed by atoms with Gasteiger partial charge in [-0.2, -0.15) is 10.2 Å². The molecule has 7 nitrogen and oxygen atoms in total. The first-order chi connectivity index (χ1) is 12.7. The van der Waals surface area contributed by atoms with Gasteiger partial charge in [-0.15, -0.1) is 0 Å². The van der Waals surface area contributed by atoms with Crippen LogP contribution in [0.5, 0.6) is 0 Å². The minimum absolute atomic E-state index is 0.695. The zero-order chi connectivity index (χ0) is 17.9. The molecule has 0 fully saturated rings. The molecule has 0 bridgehead atoms. The standard InChI is InChI=1S/C19H25N5O2/c1-22-18(7-8-20-22)19(25)17-13-15-14-23(10-4-11-24(15)21-17)9-2-5-16-6-3-12-26-16/h3,6-8,12-13,19,25H,2,4-5,9-11,14H2,1H3/t19-/m1/s1. The summed E-state index contributed by atoms with van der Waals surface area (Å²) in [6, 6.07) is 7.83. The summed E-state index contributed by atoms with van der Waals surface area (Å²) in [4.78, 5) is 2.46. The van der Waals surface area contributed by atoms with Gasteiger partial charge in [0.05, 0.1) is 23.3 Å². The van der Waals surface area contributed by atoms with Gasteiger partial charge in [0.2, 0.25) is 0 Å². The van der Waals surface area contributed by atoms with Crippen LogP contribution < -0.4 is 0 Å². The summed E-state index contributed by atoms with van der Waals surface area (Å²) in [6.07, 6.45) is 5.79. The number of rotatable bonds is 6. The molecular weight excluding hydrogens is 330 g/mol. The molecule has 0 unspecified atom stereocenters. The summed E-state index contributed by atoms with van der Waals surface area (Å²) >= 11 is 0. The van der Waals surface area contributed by atoms with Crippen molar-refractivity contribution in [1.82, 2.24) is 24.5 Å². The summed E-state index contributed by atoms with van der Waals surface area (Å²) in [5.41, 5.74) is 2.62. The summed E-state index contributed by atoms with van der Waals surface area (Å²) < 4.78 is 9.14. The van der Waals surface area contributed by atoms with Gasteiger partial charge in [-0.3, -0.25) is 14.3 Å². The van der Waals surface area contributed by atoms with Crippen molar-refractivity contribution in [3.05, 3.63) is 59.6 Å². The predicted molar refractivity (Wildman–Crippen MR) is 96.4 cm³/mol. The number of hydrogen-bond acceptors (Lipinski definition) is 5. The first-order valence-electron chi connectivity index (χ1n) is 9.18. The molecule has 1 aliphatic rings. The van der Waals surface area contributed by atoms with Gasteiger partial charge < -0.3 is 9.52 Å². The van der Waals surface area contributed by atoms with E-state index in [0.29, 0.717) is 5.69 Å². The average molecular weight is 355 g/mol. The van der Waals surface area contributed by atoms with Crippen LogP contribution in [-0.4, -0.2) is 42.7 Å². The van der Waals surface area contributed by atoms with E-state index in [2.05, 4.69) is 15.1 Å². The van der Waals surface area contributed by atoms with Crippen LogP contribution in [0.3, 0.4) is 0 Å². The van der Waals surface area contributed by atoms with Crippen LogP contribution in [0.15, 0.2) is 41.1 Å². The Bertz CT molecular complexity index is 836. The molecule has 4 heterocycles. The van der Waals surface area contributed by atoms with Crippen LogP contribution in [0.25, 0.3) is 0 Å².